The van der Waals surface area contributed by atoms with Crippen LogP contribution in [0, 0.1) is 12.7 Å². The van der Waals surface area contributed by atoms with E-state index in [-0.39, 0.29) is 23.7 Å². The van der Waals surface area contributed by atoms with Gasteiger partial charge in [0.25, 0.3) is 5.91 Å². The molecule has 2 N–H and O–H groups in total. The fraction of sp³-hybridized carbons (Fsp3) is 0.214. The van der Waals surface area contributed by atoms with Crippen LogP contribution in [-0.4, -0.2) is 22.9 Å². The molecule has 2 aromatic rings. The van der Waals surface area contributed by atoms with Crippen molar-refractivity contribution in [2.45, 2.75) is 13.5 Å². The van der Waals surface area contributed by atoms with Crippen LogP contribution in [0.25, 0.3) is 0 Å². The number of nitrogens with zero attached hydrogens (tertiary/aromatic N) is 2. The van der Waals surface area contributed by atoms with Gasteiger partial charge in [-0.2, -0.15) is 0 Å². The Morgan fingerprint density at radius 1 is 1.35 bits per heavy atom. The Labute approximate surface area is 116 Å². The molecule has 0 aliphatic heterocycles. The van der Waals surface area contributed by atoms with E-state index in [2.05, 4.69) is 20.6 Å². The quantitative estimate of drug-likeness (QED) is 0.893. The number of benzene rings is 1. The number of amides is 1. The molecule has 2 rings (SSSR count). The lowest BCUT2D eigenvalue weighted by molar-refractivity contribution is 0.0951. The minimum atomic E-state index is -0.460. The van der Waals surface area contributed by atoms with Gasteiger partial charge in [-0.25, -0.2) is 14.4 Å². The van der Waals surface area contributed by atoms with Crippen molar-refractivity contribution in [2.75, 3.05) is 12.4 Å². The fourth-order valence-electron chi connectivity index (χ4n) is 1.84. The maximum Gasteiger partial charge on any atom is 0.253 e. The number of para-hydroxylation sites is 1. The van der Waals surface area contributed by atoms with Crippen LogP contribution in [0.15, 0.2) is 30.5 Å². The summed E-state index contributed by atoms with van der Waals surface area (Å²) >= 11 is 0. The predicted molar refractivity (Wildman–Crippen MR) is 73.9 cm³/mol. The van der Waals surface area contributed by atoms with Gasteiger partial charge in [-0.05, 0) is 25.1 Å². The topological polar surface area (TPSA) is 66.9 Å². The first-order chi connectivity index (χ1) is 9.61. The molecule has 6 heteroatoms. The highest BCUT2D eigenvalue weighted by atomic mass is 19.1. The van der Waals surface area contributed by atoms with Crippen molar-refractivity contribution in [2.24, 2.45) is 0 Å². The number of aromatic nitrogens is 2. The van der Waals surface area contributed by atoms with E-state index < -0.39 is 5.82 Å². The largest absolute Gasteiger partial charge is 0.385 e. The fourth-order valence-corrected chi connectivity index (χ4v) is 1.84. The normalized spacial score (nSPS) is 10.2. The highest BCUT2D eigenvalue weighted by Gasteiger charge is 2.13. The molecule has 1 amide bonds. The first-order valence-electron chi connectivity index (χ1n) is 6.15. The first kappa shape index (κ1) is 13.9. The molecule has 1 heterocycles. The van der Waals surface area contributed by atoms with Gasteiger partial charge >= 0.3 is 0 Å². The van der Waals surface area contributed by atoms with Crippen LogP contribution in [0.1, 0.15) is 21.9 Å². The van der Waals surface area contributed by atoms with E-state index in [9.17, 15) is 9.18 Å². The summed E-state index contributed by atoms with van der Waals surface area (Å²) in [4.78, 5) is 20.2. The van der Waals surface area contributed by atoms with Gasteiger partial charge in [-0.15, -0.1) is 0 Å². The number of aryl methyl sites for hydroxylation is 1. The van der Waals surface area contributed by atoms with E-state index in [1.165, 1.54) is 12.1 Å². The molecule has 0 unspecified atom stereocenters. The number of anilines is 1. The van der Waals surface area contributed by atoms with Crippen LogP contribution in [0.4, 0.5) is 10.1 Å². The van der Waals surface area contributed by atoms with E-state index in [1.807, 2.05) is 0 Å². The molecule has 0 bridgehead atoms. The third kappa shape index (κ3) is 3.09. The number of hydrogen-bond acceptors (Lipinski definition) is 4. The molecule has 0 aliphatic carbocycles. The molecule has 0 aliphatic rings. The van der Waals surface area contributed by atoms with Crippen molar-refractivity contribution in [3.05, 3.63) is 53.4 Å². The molecule has 0 spiro atoms. The summed E-state index contributed by atoms with van der Waals surface area (Å²) in [5.74, 6) is -0.179. The van der Waals surface area contributed by atoms with Gasteiger partial charge in [-0.1, -0.05) is 6.07 Å². The van der Waals surface area contributed by atoms with Gasteiger partial charge in [0.2, 0.25) is 0 Å². The molecule has 0 saturated heterocycles. The number of nitrogens with one attached hydrogen (secondary N) is 2. The standard InChI is InChI=1S/C14H15FN4O/c1-9-17-7-6-10(19-9)8-18-14(20)11-4-3-5-12(15)13(11)16-2/h3-7,16H,8H2,1-2H3,(H,18,20). The Morgan fingerprint density at radius 2 is 2.15 bits per heavy atom. The third-order valence-corrected chi connectivity index (χ3v) is 2.77. The van der Waals surface area contributed by atoms with Crippen LogP contribution in [0.2, 0.25) is 0 Å². The van der Waals surface area contributed by atoms with Crippen LogP contribution < -0.4 is 10.6 Å². The maximum atomic E-state index is 13.6. The second-order valence-corrected chi connectivity index (χ2v) is 4.19. The molecule has 1 aromatic carbocycles. The Bertz CT molecular complexity index is 630. The van der Waals surface area contributed by atoms with Crippen LogP contribution in [0.3, 0.4) is 0 Å². The van der Waals surface area contributed by atoms with Crippen molar-refractivity contribution >= 4 is 11.6 Å². The summed E-state index contributed by atoms with van der Waals surface area (Å²) in [6.45, 7) is 2.04. The van der Waals surface area contributed by atoms with Gasteiger partial charge in [0.05, 0.1) is 23.5 Å². The third-order valence-electron chi connectivity index (χ3n) is 2.77. The zero-order valence-corrected chi connectivity index (χ0v) is 11.3. The minimum absolute atomic E-state index is 0.184. The van der Waals surface area contributed by atoms with E-state index in [1.54, 1.807) is 32.3 Å². The average Bonchev–Trinajstić information content (AvgIpc) is 2.44. The van der Waals surface area contributed by atoms with Gasteiger partial charge < -0.3 is 10.6 Å². The molecule has 5 nitrogen and oxygen atoms in total. The summed E-state index contributed by atoms with van der Waals surface area (Å²) in [6, 6.07) is 6.09. The van der Waals surface area contributed by atoms with Crippen molar-refractivity contribution < 1.29 is 9.18 Å². The highest BCUT2D eigenvalue weighted by molar-refractivity contribution is 5.99. The molecule has 20 heavy (non-hydrogen) atoms. The second-order valence-electron chi connectivity index (χ2n) is 4.19. The van der Waals surface area contributed by atoms with E-state index in [0.717, 1.165) is 0 Å². The van der Waals surface area contributed by atoms with E-state index >= 15 is 0 Å². The Balaban J connectivity index is 2.11. The molecular formula is C14H15FN4O. The van der Waals surface area contributed by atoms with Crippen molar-refractivity contribution in [1.29, 1.82) is 0 Å². The number of carbonyl (C=O) groups is 1. The summed E-state index contributed by atoms with van der Waals surface area (Å²) in [7, 11) is 1.57. The second kappa shape index (κ2) is 6.10. The van der Waals surface area contributed by atoms with E-state index in [0.29, 0.717) is 11.5 Å². The molecule has 1 aromatic heterocycles. The monoisotopic (exact) mass is 274 g/mol. The van der Waals surface area contributed by atoms with Gasteiger partial charge in [0.15, 0.2) is 0 Å². The first-order valence-corrected chi connectivity index (χ1v) is 6.15. The number of carbonyl (C=O) groups excluding carboxylic acids is 1. The highest BCUT2D eigenvalue weighted by Crippen LogP contribution is 2.19. The molecule has 0 saturated carbocycles. The van der Waals surface area contributed by atoms with Crippen molar-refractivity contribution in [3.63, 3.8) is 0 Å². The summed E-state index contributed by atoms with van der Waals surface area (Å²) < 4.78 is 13.6. The van der Waals surface area contributed by atoms with Gasteiger partial charge in [0.1, 0.15) is 11.6 Å². The molecular weight excluding hydrogens is 259 g/mol. The maximum absolute atomic E-state index is 13.6. The Hall–Kier alpha value is -2.50. The summed E-state index contributed by atoms with van der Waals surface area (Å²) in [5, 5.41) is 5.40. The molecule has 0 radical (unpaired) electrons. The number of hydrogen-bond donors (Lipinski definition) is 2. The predicted octanol–water partition coefficient (Wildman–Crippen LogP) is 1.90. The number of rotatable bonds is 4. The zero-order chi connectivity index (χ0) is 14.5. The molecule has 104 valence electrons. The van der Waals surface area contributed by atoms with Gasteiger partial charge in [-0.3, -0.25) is 4.79 Å². The summed E-state index contributed by atoms with van der Waals surface area (Å²) in [5.41, 5.74) is 1.15. The number of halogens is 1. The lowest BCUT2D eigenvalue weighted by Gasteiger charge is -2.10. The Morgan fingerprint density at radius 3 is 2.85 bits per heavy atom. The minimum Gasteiger partial charge on any atom is -0.385 e. The van der Waals surface area contributed by atoms with Crippen molar-refractivity contribution in [1.82, 2.24) is 15.3 Å². The SMILES string of the molecule is CNc1c(F)cccc1C(=O)NCc1ccnc(C)n1. The van der Waals surface area contributed by atoms with Crippen LogP contribution >= 0.6 is 0 Å². The van der Waals surface area contributed by atoms with Crippen LogP contribution in [-0.2, 0) is 6.54 Å². The molecule has 0 atom stereocenters. The molecule has 0 fully saturated rings. The Kier molecular flexibility index (Phi) is 4.24. The van der Waals surface area contributed by atoms with Crippen LogP contribution in [0.5, 0.6) is 0 Å². The lowest BCUT2D eigenvalue weighted by atomic mass is 10.1. The average molecular weight is 274 g/mol. The smallest absolute Gasteiger partial charge is 0.253 e. The summed E-state index contributed by atoms with van der Waals surface area (Å²) in [6.07, 6.45) is 1.63. The lowest BCUT2D eigenvalue weighted by Crippen LogP contribution is -2.24. The van der Waals surface area contributed by atoms with Crippen molar-refractivity contribution in [3.8, 4) is 0 Å². The zero-order valence-electron chi connectivity index (χ0n) is 11.3. The van der Waals surface area contributed by atoms with Gasteiger partial charge in [0, 0.05) is 13.2 Å². The van der Waals surface area contributed by atoms with E-state index in [4.69, 9.17) is 0 Å².